The minimum Gasteiger partial charge on any atom is -0.372 e. The molecule has 0 amide bonds. The summed E-state index contributed by atoms with van der Waals surface area (Å²) in [7, 11) is 0. The fourth-order valence-electron chi connectivity index (χ4n) is 3.03. The van der Waals surface area contributed by atoms with Crippen molar-refractivity contribution in [3.8, 4) is 6.07 Å². The number of halogens is 1. The molecule has 0 spiro atoms. The molecule has 2 aromatic rings. The summed E-state index contributed by atoms with van der Waals surface area (Å²) in [6.45, 7) is 1.46. The molecule has 0 saturated carbocycles. The third kappa shape index (κ3) is 4.13. The molecule has 1 heterocycles. The first kappa shape index (κ1) is 16.0. The second-order valence-corrected chi connectivity index (χ2v) is 6.71. The van der Waals surface area contributed by atoms with Crippen LogP contribution in [0.5, 0.6) is 0 Å². The predicted octanol–water partition coefficient (Wildman–Crippen LogP) is 4.53. The zero-order chi connectivity index (χ0) is 16.1. The molecule has 0 radical (unpaired) electrons. The van der Waals surface area contributed by atoms with Gasteiger partial charge in [-0.05, 0) is 36.2 Å². The maximum absolute atomic E-state index is 9.10. The first-order valence-corrected chi connectivity index (χ1v) is 8.60. The van der Waals surface area contributed by atoms with Gasteiger partial charge in [0.1, 0.15) is 0 Å². The van der Waals surface area contributed by atoms with Gasteiger partial charge in [0.25, 0.3) is 0 Å². The van der Waals surface area contributed by atoms with Crippen LogP contribution in [0.4, 0.5) is 5.69 Å². The van der Waals surface area contributed by atoms with Gasteiger partial charge >= 0.3 is 0 Å². The van der Waals surface area contributed by atoms with Crippen molar-refractivity contribution in [2.75, 3.05) is 11.4 Å². The van der Waals surface area contributed by atoms with E-state index in [-0.39, 0.29) is 12.1 Å². The highest BCUT2D eigenvalue weighted by atomic mass is 79.9. The molecule has 0 aliphatic carbocycles. The predicted molar refractivity (Wildman–Crippen MR) is 95.1 cm³/mol. The maximum atomic E-state index is 9.10. The van der Waals surface area contributed by atoms with Gasteiger partial charge in [-0.2, -0.15) is 5.26 Å². The van der Waals surface area contributed by atoms with Gasteiger partial charge in [0.05, 0.1) is 25.2 Å². The smallest absolute Gasteiger partial charge is 0.0774 e. The Bertz CT molecular complexity index is 666. The molecule has 2 aromatic carbocycles. The minimum absolute atomic E-state index is 0.164. The Hall–Kier alpha value is -1.83. The maximum Gasteiger partial charge on any atom is 0.0774 e. The number of hydrogen-bond acceptors (Lipinski definition) is 3. The monoisotopic (exact) mass is 370 g/mol. The molecule has 118 valence electrons. The lowest BCUT2D eigenvalue weighted by atomic mass is 10.1. The van der Waals surface area contributed by atoms with Crippen LogP contribution in [0.2, 0.25) is 0 Å². The van der Waals surface area contributed by atoms with Gasteiger partial charge in [-0.1, -0.05) is 46.3 Å². The Morgan fingerprint density at radius 2 is 1.87 bits per heavy atom. The van der Waals surface area contributed by atoms with Crippen molar-refractivity contribution in [1.82, 2.24) is 0 Å². The lowest BCUT2D eigenvalue weighted by Crippen LogP contribution is -2.29. The molecule has 3 rings (SSSR count). The third-order valence-electron chi connectivity index (χ3n) is 4.19. The van der Waals surface area contributed by atoms with Crippen LogP contribution in [0.15, 0.2) is 59.1 Å². The van der Waals surface area contributed by atoms with Crippen LogP contribution < -0.4 is 4.90 Å². The summed E-state index contributed by atoms with van der Waals surface area (Å²) in [5.74, 6) is 0. The van der Waals surface area contributed by atoms with Gasteiger partial charge in [0.2, 0.25) is 0 Å². The molecule has 3 nitrogen and oxygen atoms in total. The van der Waals surface area contributed by atoms with Crippen LogP contribution in [-0.2, 0) is 11.3 Å². The van der Waals surface area contributed by atoms with Gasteiger partial charge in [-0.15, -0.1) is 0 Å². The molecule has 0 aromatic heterocycles. The third-order valence-corrected chi connectivity index (χ3v) is 4.72. The van der Waals surface area contributed by atoms with Crippen LogP contribution >= 0.6 is 15.9 Å². The molecule has 23 heavy (non-hydrogen) atoms. The molecule has 4 heteroatoms. The highest BCUT2D eigenvalue weighted by molar-refractivity contribution is 9.10. The SMILES string of the molecule is N#CCC1CC(OCc2ccccc2)CN1c1ccc(Br)cc1. The zero-order valence-electron chi connectivity index (χ0n) is 12.9. The largest absolute Gasteiger partial charge is 0.372 e. The van der Waals surface area contributed by atoms with E-state index in [9.17, 15) is 0 Å². The summed E-state index contributed by atoms with van der Waals surface area (Å²) < 4.78 is 7.14. The second-order valence-electron chi connectivity index (χ2n) is 5.80. The van der Waals surface area contributed by atoms with Gasteiger partial charge in [-0.3, -0.25) is 0 Å². The summed E-state index contributed by atoms with van der Waals surface area (Å²) in [6, 6.07) is 21.0. The van der Waals surface area contributed by atoms with E-state index in [2.05, 4.69) is 51.2 Å². The van der Waals surface area contributed by atoms with Crippen molar-refractivity contribution < 1.29 is 4.74 Å². The van der Waals surface area contributed by atoms with E-state index >= 15 is 0 Å². The summed E-state index contributed by atoms with van der Waals surface area (Å²) in [5, 5.41) is 9.10. The average Bonchev–Trinajstić information content (AvgIpc) is 2.98. The Kier molecular flexibility index (Phi) is 5.32. The Morgan fingerprint density at radius 1 is 1.13 bits per heavy atom. The van der Waals surface area contributed by atoms with E-state index in [1.165, 1.54) is 5.56 Å². The van der Waals surface area contributed by atoms with Crippen LogP contribution in [0, 0.1) is 11.3 Å². The van der Waals surface area contributed by atoms with E-state index in [4.69, 9.17) is 10.00 Å². The molecule has 0 bridgehead atoms. The Labute approximate surface area is 145 Å². The number of ether oxygens (including phenoxy) is 1. The number of benzene rings is 2. The van der Waals surface area contributed by atoms with E-state index < -0.39 is 0 Å². The van der Waals surface area contributed by atoms with Crippen molar-refractivity contribution in [1.29, 1.82) is 5.26 Å². The molecule has 1 aliphatic heterocycles. The number of anilines is 1. The highest BCUT2D eigenvalue weighted by Gasteiger charge is 2.32. The molecule has 1 fully saturated rings. The first-order valence-electron chi connectivity index (χ1n) is 7.81. The van der Waals surface area contributed by atoms with E-state index in [0.717, 1.165) is 23.1 Å². The summed E-state index contributed by atoms with van der Waals surface area (Å²) in [6.07, 6.45) is 1.59. The van der Waals surface area contributed by atoms with Crippen LogP contribution in [0.25, 0.3) is 0 Å². The van der Waals surface area contributed by atoms with Crippen molar-refractivity contribution in [3.05, 3.63) is 64.6 Å². The quantitative estimate of drug-likeness (QED) is 0.775. The van der Waals surface area contributed by atoms with E-state index in [1.54, 1.807) is 0 Å². The van der Waals surface area contributed by atoms with Crippen molar-refractivity contribution in [2.24, 2.45) is 0 Å². The number of nitrogens with zero attached hydrogens (tertiary/aromatic N) is 2. The zero-order valence-corrected chi connectivity index (χ0v) is 14.4. The van der Waals surface area contributed by atoms with Gasteiger partial charge < -0.3 is 9.64 Å². The second kappa shape index (κ2) is 7.63. The van der Waals surface area contributed by atoms with Crippen molar-refractivity contribution in [3.63, 3.8) is 0 Å². The first-order chi connectivity index (χ1) is 11.3. The lowest BCUT2D eigenvalue weighted by Gasteiger charge is -2.24. The standard InChI is InChI=1S/C19H19BrN2O/c20-16-6-8-17(9-7-16)22-13-19(12-18(22)10-11-21)23-14-15-4-2-1-3-5-15/h1-9,18-19H,10,12-14H2. The summed E-state index contributed by atoms with van der Waals surface area (Å²) in [4.78, 5) is 2.30. The fraction of sp³-hybridized carbons (Fsp3) is 0.316. The number of hydrogen-bond donors (Lipinski definition) is 0. The fourth-order valence-corrected chi connectivity index (χ4v) is 3.29. The van der Waals surface area contributed by atoms with Gasteiger partial charge in [0.15, 0.2) is 0 Å². The van der Waals surface area contributed by atoms with Crippen LogP contribution in [0.1, 0.15) is 18.4 Å². The van der Waals surface area contributed by atoms with Crippen molar-refractivity contribution in [2.45, 2.75) is 31.6 Å². The molecule has 1 saturated heterocycles. The topological polar surface area (TPSA) is 36.3 Å². The normalized spacial score (nSPS) is 20.4. The number of nitriles is 1. The Morgan fingerprint density at radius 3 is 2.57 bits per heavy atom. The van der Waals surface area contributed by atoms with Gasteiger partial charge in [0, 0.05) is 22.7 Å². The highest BCUT2D eigenvalue weighted by Crippen LogP contribution is 2.30. The van der Waals surface area contributed by atoms with Gasteiger partial charge in [-0.25, -0.2) is 0 Å². The van der Waals surface area contributed by atoms with E-state index in [0.29, 0.717) is 13.0 Å². The van der Waals surface area contributed by atoms with Crippen LogP contribution in [-0.4, -0.2) is 18.7 Å². The molecular weight excluding hydrogens is 352 g/mol. The molecule has 1 aliphatic rings. The van der Waals surface area contributed by atoms with Crippen molar-refractivity contribution >= 4 is 21.6 Å². The summed E-state index contributed by atoms with van der Waals surface area (Å²) >= 11 is 3.47. The molecule has 2 unspecified atom stereocenters. The number of rotatable bonds is 5. The molecular formula is C19H19BrN2O. The minimum atomic E-state index is 0.164. The lowest BCUT2D eigenvalue weighted by molar-refractivity contribution is 0.0534. The Balaban J connectivity index is 1.66. The molecule has 2 atom stereocenters. The average molecular weight is 371 g/mol. The molecule has 0 N–H and O–H groups in total. The van der Waals surface area contributed by atoms with E-state index in [1.807, 2.05) is 30.3 Å². The van der Waals surface area contributed by atoms with Crippen LogP contribution in [0.3, 0.4) is 0 Å². The summed E-state index contributed by atoms with van der Waals surface area (Å²) in [5.41, 5.74) is 2.34.